The number of ketones is 2. The van der Waals surface area contributed by atoms with Gasteiger partial charge in [-0.1, -0.05) is 118 Å². The molecule has 6 nitrogen and oxygen atoms in total. The summed E-state index contributed by atoms with van der Waals surface area (Å²) in [6.45, 7) is 12.2. The van der Waals surface area contributed by atoms with Gasteiger partial charge in [-0.2, -0.15) is 0 Å². The molecule has 1 aromatic heterocycles. The molecule has 45 heavy (non-hydrogen) atoms. The number of rotatable bonds is 5. The molecule has 0 radical (unpaired) electrons. The number of fused-ring (bicyclic) bond motifs is 2. The van der Waals surface area contributed by atoms with E-state index in [1.165, 1.54) is 0 Å². The predicted octanol–water partition coefficient (Wildman–Crippen LogP) is 9.85. The average Bonchev–Trinajstić information content (AvgIpc) is 3.22. The van der Waals surface area contributed by atoms with Crippen molar-refractivity contribution < 1.29 is 24.2 Å². The number of ether oxygens (including phenoxy) is 1. The summed E-state index contributed by atoms with van der Waals surface area (Å²) in [6, 6.07) is 12.3. The number of carbonyl (C=O) groups excluding carboxylic acids is 3. The number of hydrogen-bond acceptors (Lipinski definition) is 6. The molecule has 10 heteroatoms. The zero-order valence-corrected chi connectivity index (χ0v) is 28.6. The van der Waals surface area contributed by atoms with Gasteiger partial charge in [0, 0.05) is 11.8 Å². The van der Waals surface area contributed by atoms with Crippen LogP contribution in [0, 0.1) is 0 Å². The fraction of sp³-hybridized carbons (Fsp3) is 0.314. The highest BCUT2D eigenvalue weighted by molar-refractivity contribution is 6.55. The van der Waals surface area contributed by atoms with Crippen LogP contribution < -0.4 is 4.74 Å². The number of Topliss-reactive ketones (excluding diaryl/α,β-unsaturated/α-hetero) is 2. The molecule has 1 heterocycles. The lowest BCUT2D eigenvalue weighted by Crippen LogP contribution is -2.18. The van der Waals surface area contributed by atoms with Crippen LogP contribution in [0.5, 0.6) is 11.5 Å². The maximum absolute atomic E-state index is 13.4. The molecule has 3 aromatic carbocycles. The highest BCUT2D eigenvalue weighted by atomic mass is 35.5. The maximum Gasteiger partial charge on any atom is 0.311 e. The summed E-state index contributed by atoms with van der Waals surface area (Å²) in [4.78, 5) is 44.6. The molecule has 1 aliphatic rings. The van der Waals surface area contributed by atoms with Crippen LogP contribution in [0.25, 0.3) is 10.9 Å². The third kappa shape index (κ3) is 6.06. The molecule has 0 bridgehead atoms. The van der Waals surface area contributed by atoms with Crippen LogP contribution in [0.3, 0.4) is 0 Å². The molecule has 234 valence electrons. The Kier molecular flexibility index (Phi) is 8.77. The summed E-state index contributed by atoms with van der Waals surface area (Å²) in [5.41, 5.74) is 2.21. The van der Waals surface area contributed by atoms with Crippen LogP contribution in [0.1, 0.15) is 97.0 Å². The number of pyridine rings is 1. The number of aryl methyl sites for hydroxylation is 1. The summed E-state index contributed by atoms with van der Waals surface area (Å²) < 4.78 is 5.77. The molecule has 4 aromatic rings. The monoisotopic (exact) mass is 685 g/mol. The van der Waals surface area contributed by atoms with Gasteiger partial charge in [0.2, 0.25) is 0 Å². The molecule has 0 saturated heterocycles. The third-order valence-corrected chi connectivity index (χ3v) is 9.71. The van der Waals surface area contributed by atoms with Crippen LogP contribution in [0.15, 0.2) is 42.5 Å². The lowest BCUT2D eigenvalue weighted by molar-refractivity contribution is -0.134. The summed E-state index contributed by atoms with van der Waals surface area (Å²) in [7, 11) is 0. The molecule has 0 atom stereocenters. The Bertz CT molecular complexity index is 1840. The van der Waals surface area contributed by atoms with Crippen molar-refractivity contribution >= 4 is 74.8 Å². The average molecular weight is 687 g/mol. The molecule has 0 amide bonds. The van der Waals surface area contributed by atoms with E-state index in [1.807, 2.05) is 53.7 Å². The Balaban J connectivity index is 1.43. The number of phenols is 1. The first kappa shape index (κ1) is 33.2. The summed E-state index contributed by atoms with van der Waals surface area (Å²) in [5.74, 6) is -2.54. The van der Waals surface area contributed by atoms with Crippen LogP contribution in [0.2, 0.25) is 20.1 Å². The second kappa shape index (κ2) is 11.9. The van der Waals surface area contributed by atoms with Crippen molar-refractivity contribution in [1.29, 1.82) is 0 Å². The molecule has 1 aliphatic carbocycles. The van der Waals surface area contributed by atoms with Crippen molar-refractivity contribution in [2.75, 3.05) is 0 Å². The van der Waals surface area contributed by atoms with Crippen LogP contribution >= 0.6 is 46.4 Å². The topological polar surface area (TPSA) is 93.6 Å². The van der Waals surface area contributed by atoms with Gasteiger partial charge in [-0.05, 0) is 46.1 Å². The van der Waals surface area contributed by atoms with E-state index in [2.05, 4.69) is 4.98 Å². The lowest BCUT2D eigenvalue weighted by atomic mass is 9.78. The number of aromatic nitrogens is 1. The van der Waals surface area contributed by atoms with E-state index in [0.717, 1.165) is 16.7 Å². The van der Waals surface area contributed by atoms with Gasteiger partial charge in [0.25, 0.3) is 0 Å². The number of esters is 1. The van der Waals surface area contributed by atoms with Gasteiger partial charge in [-0.3, -0.25) is 14.4 Å². The number of phenolic OH excluding ortho intramolecular Hbond substituents is 1. The van der Waals surface area contributed by atoms with E-state index in [0.29, 0.717) is 17.3 Å². The van der Waals surface area contributed by atoms with E-state index >= 15 is 0 Å². The van der Waals surface area contributed by atoms with Crippen LogP contribution in [-0.4, -0.2) is 27.6 Å². The first-order valence-electron chi connectivity index (χ1n) is 14.3. The molecule has 0 unspecified atom stereocenters. The Labute approximate surface area is 281 Å². The zero-order chi connectivity index (χ0) is 33.2. The fourth-order valence-corrected chi connectivity index (χ4v) is 6.59. The summed E-state index contributed by atoms with van der Waals surface area (Å²) >= 11 is 24.9. The van der Waals surface area contributed by atoms with Crippen molar-refractivity contribution in [2.45, 2.75) is 71.1 Å². The number of hydrogen-bond donors (Lipinski definition) is 1. The van der Waals surface area contributed by atoms with Gasteiger partial charge in [-0.25, -0.2) is 4.98 Å². The third-order valence-electron chi connectivity index (χ3n) is 7.91. The molecule has 5 rings (SSSR count). The molecule has 0 fully saturated rings. The lowest BCUT2D eigenvalue weighted by Gasteiger charge is -2.28. The van der Waals surface area contributed by atoms with E-state index in [4.69, 9.17) is 51.1 Å². The van der Waals surface area contributed by atoms with Crippen LogP contribution in [-0.2, 0) is 22.0 Å². The van der Waals surface area contributed by atoms with Crippen LogP contribution in [0.4, 0.5) is 0 Å². The van der Waals surface area contributed by atoms with Gasteiger partial charge in [0.05, 0.1) is 36.9 Å². The largest absolute Gasteiger partial charge is 0.507 e. The molecule has 1 N–H and O–H groups in total. The Morgan fingerprint density at radius 1 is 0.822 bits per heavy atom. The van der Waals surface area contributed by atoms with Gasteiger partial charge in [0.1, 0.15) is 17.2 Å². The smallest absolute Gasteiger partial charge is 0.311 e. The van der Waals surface area contributed by atoms with Gasteiger partial charge in [-0.15, -0.1) is 0 Å². The highest BCUT2D eigenvalue weighted by Crippen LogP contribution is 2.48. The first-order valence-corrected chi connectivity index (χ1v) is 15.8. The van der Waals surface area contributed by atoms with E-state index in [9.17, 15) is 19.5 Å². The van der Waals surface area contributed by atoms with Crippen molar-refractivity contribution in [2.24, 2.45) is 0 Å². The number of para-hydroxylation sites is 1. The van der Waals surface area contributed by atoms with E-state index in [-0.39, 0.29) is 65.7 Å². The number of nitrogens with zero attached hydrogens (tertiary/aromatic N) is 1. The molecular weight excluding hydrogens is 656 g/mol. The minimum Gasteiger partial charge on any atom is -0.507 e. The van der Waals surface area contributed by atoms with Gasteiger partial charge in [0.15, 0.2) is 17.3 Å². The van der Waals surface area contributed by atoms with Gasteiger partial charge < -0.3 is 9.84 Å². The van der Waals surface area contributed by atoms with Crippen molar-refractivity contribution in [3.05, 3.63) is 96.1 Å². The minimum atomic E-state index is -1.32. The number of carbonyl (C=O) groups is 3. The van der Waals surface area contributed by atoms with Crippen molar-refractivity contribution in [3.8, 4) is 11.5 Å². The predicted molar refractivity (Wildman–Crippen MR) is 179 cm³/mol. The fourth-order valence-electron chi connectivity index (χ4n) is 5.55. The molecule has 0 saturated carbocycles. The Morgan fingerprint density at radius 3 is 1.87 bits per heavy atom. The molecule has 0 aliphatic heterocycles. The van der Waals surface area contributed by atoms with E-state index in [1.54, 1.807) is 30.3 Å². The van der Waals surface area contributed by atoms with E-state index < -0.39 is 23.5 Å². The second-order valence-corrected chi connectivity index (χ2v) is 14.8. The summed E-state index contributed by atoms with van der Waals surface area (Å²) in [5, 5.41) is 11.2. The van der Waals surface area contributed by atoms with Crippen molar-refractivity contribution in [1.82, 2.24) is 4.98 Å². The number of halogens is 4. The Hall–Kier alpha value is -3.16. The molecule has 0 spiro atoms. The normalized spacial score (nSPS) is 13.9. The zero-order valence-electron chi connectivity index (χ0n) is 25.6. The number of benzene rings is 3. The quantitative estimate of drug-likeness (QED) is 0.0739. The second-order valence-electron chi connectivity index (χ2n) is 13.2. The Morgan fingerprint density at radius 2 is 1.36 bits per heavy atom. The maximum atomic E-state index is 13.4. The SMILES string of the molecule is CC(C)(C)c1cc(CCC(=O)Oc2cccc3ccc(C4C(=O)c5c(Cl)c(Cl)c(Cl)c(Cl)c5C4=O)nc23)cc(C(C)(C)C)c1O. The first-order chi connectivity index (χ1) is 20.9. The number of aromatic hydroxyl groups is 1. The molecular formula is C35H31Cl4NO5. The highest BCUT2D eigenvalue weighted by Gasteiger charge is 2.45. The minimum absolute atomic E-state index is 0.0709. The standard InChI is InChI=1S/C35H31Cl4NO5/c1-34(2,3)18-14-16(15-19(31(18)42)35(4,5)6)10-13-22(41)45-21-9-7-8-17-11-12-20(40-30(17)21)23-32(43)24-25(33(23)44)27(37)29(39)28(38)26(24)36/h7-9,11-12,14-15,23,42H,10,13H2,1-6H3. The summed E-state index contributed by atoms with van der Waals surface area (Å²) in [6.07, 6.45) is 0.464. The van der Waals surface area contributed by atoms with Gasteiger partial charge >= 0.3 is 5.97 Å². The van der Waals surface area contributed by atoms with Crippen molar-refractivity contribution in [3.63, 3.8) is 0 Å².